The molecule has 3 aromatic carbocycles. The number of aromatic hydroxyl groups is 2. The summed E-state index contributed by atoms with van der Waals surface area (Å²) in [7, 11) is 4.28. The molecule has 0 radical (unpaired) electrons. The number of fused-ring (bicyclic) bond motifs is 7. The number of aryl methyl sites for hydroxylation is 1. The summed E-state index contributed by atoms with van der Waals surface area (Å²) in [6.45, 7) is 3.23. The molecule has 5 aliphatic heterocycles. The lowest BCUT2D eigenvalue weighted by molar-refractivity contribution is -0.122. The lowest BCUT2D eigenvalue weighted by atomic mass is 9.51. The Hall–Kier alpha value is -4.87. The first kappa shape index (κ1) is 62.7. The van der Waals surface area contributed by atoms with E-state index in [1.165, 1.54) is 28.7 Å². The van der Waals surface area contributed by atoms with Crippen molar-refractivity contribution in [3.8, 4) is 52.4 Å². The molecule has 6 heterocycles. The van der Waals surface area contributed by atoms with Crippen molar-refractivity contribution in [3.63, 3.8) is 0 Å². The third kappa shape index (κ3) is 13.9. The van der Waals surface area contributed by atoms with Crippen molar-refractivity contribution in [2.75, 3.05) is 46.1 Å². The summed E-state index contributed by atoms with van der Waals surface area (Å²) >= 11 is 0. The number of carbonyl (C=O) groups excluding carboxylic acids is 1. The van der Waals surface area contributed by atoms with Gasteiger partial charge in [0.2, 0.25) is 11.7 Å². The number of methoxy groups -OCH3 is 1. The van der Waals surface area contributed by atoms with Crippen molar-refractivity contribution in [3.05, 3.63) is 77.1 Å². The van der Waals surface area contributed by atoms with Crippen LogP contribution in [-0.2, 0) is 33.8 Å². The number of nitrogens with one attached hydrogen (secondary N) is 2. The first-order chi connectivity index (χ1) is 41.7. The summed E-state index contributed by atoms with van der Waals surface area (Å²) in [5.41, 5.74) is 2.54. The third-order valence-corrected chi connectivity index (χ3v) is 22.9. The van der Waals surface area contributed by atoms with Crippen LogP contribution in [0.3, 0.4) is 0 Å². The SMILES string of the molecule is COc1cc(CC2C(O)CSSC3CC(O)c4cccc5cn(cc45)COCCCC4NC(=O)C5C#CCC6C#CC7(CC(C)CCC7CCC(O)C45)C4CC(CCC4CNC6)Oc4cc(c3cc4O)CCC(OCO)CC2O)cc(OCO)c1O. The number of carbonyl (C=O) groups is 1. The minimum absolute atomic E-state index is 0.0183. The van der Waals surface area contributed by atoms with Crippen LogP contribution < -0.4 is 24.8 Å². The van der Waals surface area contributed by atoms with E-state index >= 15 is 0 Å². The minimum atomic E-state index is -1.13. The Morgan fingerprint density at radius 1 is 0.872 bits per heavy atom. The fourth-order valence-corrected chi connectivity index (χ4v) is 18.7. The van der Waals surface area contributed by atoms with Crippen LogP contribution in [0.25, 0.3) is 10.8 Å². The highest BCUT2D eigenvalue weighted by Crippen LogP contribution is 2.57. The fraction of sp³-hybridized carbons (Fsp3) is 0.627. The van der Waals surface area contributed by atoms with Crippen LogP contribution in [0.1, 0.15) is 130 Å². The van der Waals surface area contributed by atoms with Crippen LogP contribution in [0.15, 0.2) is 54.9 Å². The molecule has 466 valence electrons. The van der Waals surface area contributed by atoms with Crippen molar-refractivity contribution in [1.29, 1.82) is 0 Å². The number of aliphatic hydroxyl groups excluding tert-OH is 6. The largest absolute Gasteiger partial charge is 0.504 e. The number of hydrogen-bond acceptors (Lipinski definition) is 17. The van der Waals surface area contributed by atoms with Gasteiger partial charge in [-0.2, -0.15) is 0 Å². The molecule has 1 saturated heterocycles. The molecular weight excluding hydrogens is 1130 g/mol. The molecular formula is C67H87N3O14S2. The predicted molar refractivity (Wildman–Crippen MR) is 329 cm³/mol. The number of phenols is 2. The quantitative estimate of drug-likeness (QED) is 0.0477. The molecule has 19 heteroatoms. The molecule has 1 aromatic heterocycles. The van der Waals surface area contributed by atoms with E-state index in [4.69, 9.17) is 23.7 Å². The van der Waals surface area contributed by atoms with Crippen LogP contribution in [0.4, 0.5) is 0 Å². The van der Waals surface area contributed by atoms with Gasteiger partial charge in [-0.15, -0.1) is 5.92 Å². The van der Waals surface area contributed by atoms with Gasteiger partial charge in [0, 0.05) is 77.6 Å². The molecule has 1 amide bonds. The zero-order valence-corrected chi connectivity index (χ0v) is 51.1. The number of nitrogens with zero attached hydrogens (tertiary/aromatic N) is 1. The van der Waals surface area contributed by atoms with Gasteiger partial charge in [0.1, 0.15) is 19.4 Å². The third-order valence-electron chi connectivity index (χ3n) is 20.1. The van der Waals surface area contributed by atoms with Gasteiger partial charge in [-0.3, -0.25) is 4.79 Å². The Morgan fingerprint density at radius 2 is 1.72 bits per heavy atom. The number of amides is 1. The highest BCUT2D eigenvalue weighted by Gasteiger charge is 2.53. The number of benzene rings is 3. The van der Waals surface area contributed by atoms with Crippen molar-refractivity contribution in [1.82, 2.24) is 15.2 Å². The van der Waals surface area contributed by atoms with Crippen LogP contribution in [0.5, 0.6) is 28.7 Å². The topological polar surface area (TPSA) is 254 Å². The van der Waals surface area contributed by atoms with Gasteiger partial charge < -0.3 is 79.7 Å². The van der Waals surface area contributed by atoms with Crippen molar-refractivity contribution >= 4 is 38.3 Å². The molecule has 11 bridgehead atoms. The maximum atomic E-state index is 13.9. The fourth-order valence-electron chi connectivity index (χ4n) is 15.8. The number of aliphatic hydroxyl groups is 6. The van der Waals surface area contributed by atoms with Crippen molar-refractivity contribution in [2.24, 2.45) is 52.8 Å². The van der Waals surface area contributed by atoms with E-state index in [2.05, 4.69) is 41.2 Å². The number of rotatable bonds is 7. The molecule has 2 saturated carbocycles. The van der Waals surface area contributed by atoms with E-state index in [0.717, 1.165) is 73.4 Å². The van der Waals surface area contributed by atoms with E-state index in [1.807, 2.05) is 41.2 Å². The lowest BCUT2D eigenvalue weighted by Gasteiger charge is -2.53. The average Bonchev–Trinajstić information content (AvgIpc) is 1.02. The Labute approximate surface area is 513 Å². The number of ether oxygens (including phenoxy) is 5. The predicted octanol–water partition coefficient (Wildman–Crippen LogP) is 8.04. The zero-order chi connectivity index (χ0) is 60.1. The Balaban J connectivity index is 0.976. The van der Waals surface area contributed by atoms with Crippen LogP contribution in [-0.4, -0.2) is 134 Å². The molecule has 1 spiro atoms. The molecule has 17 atom stereocenters. The highest BCUT2D eigenvalue weighted by molar-refractivity contribution is 8.76. The molecule has 86 heavy (non-hydrogen) atoms. The van der Waals surface area contributed by atoms with Gasteiger partial charge in [0.05, 0.1) is 43.7 Å². The molecule has 4 aromatic rings. The smallest absolute Gasteiger partial charge is 0.235 e. The molecule has 3 fully saturated rings. The van der Waals surface area contributed by atoms with Gasteiger partial charge in [-0.05, 0) is 172 Å². The Morgan fingerprint density at radius 3 is 2.56 bits per heavy atom. The summed E-state index contributed by atoms with van der Waals surface area (Å²) in [4.78, 5) is 13.9. The van der Waals surface area contributed by atoms with E-state index in [-0.39, 0.29) is 102 Å². The normalized spacial score (nSPS) is 34.6. The summed E-state index contributed by atoms with van der Waals surface area (Å²) in [6.07, 6.45) is 8.66. The summed E-state index contributed by atoms with van der Waals surface area (Å²) in [5.74, 6) is 14.1. The maximum Gasteiger partial charge on any atom is 0.235 e. The second kappa shape index (κ2) is 28.3. The van der Waals surface area contributed by atoms with Crippen LogP contribution in [0, 0.1) is 76.4 Å². The standard InChI is InChI=1S/C67H87N3O14S2/c1-39-11-14-45-15-18-55(73)64-49-9-3-6-40-19-20-67(45,30-39)53-26-47(17-13-43(53)32-68-31-40)84-60-25-42-12-16-46(82-37-71)27-56(74)51(22-41-23-61(80-2)65(78)62(24-41)83-38-72)59(77)35-85-86-63(50(42)28-58(60)76)29-57(75)48-8-4-7-44-33-70(34-52(44)48)36-81-21-5-10-54(64)69-66(49)79/h4,7-8,23-25,28,33-34,39-40,43,45-47,49,51,53-57,59,63-64,68,71-78H,5-6,10-18,21-22,26-27,29-32,35-38H2,1-2H3,(H,69,79). The van der Waals surface area contributed by atoms with Crippen LogP contribution in [0.2, 0.25) is 0 Å². The van der Waals surface area contributed by atoms with Gasteiger partial charge in [0.25, 0.3) is 0 Å². The van der Waals surface area contributed by atoms with Gasteiger partial charge in [0.15, 0.2) is 29.8 Å². The molecule has 17 nitrogen and oxygen atoms in total. The minimum Gasteiger partial charge on any atom is -0.504 e. The molecule has 3 aliphatic carbocycles. The Kier molecular flexibility index (Phi) is 20.6. The van der Waals surface area contributed by atoms with Gasteiger partial charge in [-0.25, -0.2) is 0 Å². The van der Waals surface area contributed by atoms with Gasteiger partial charge >= 0.3 is 0 Å². The molecule has 17 unspecified atom stereocenters. The van der Waals surface area contributed by atoms with Crippen molar-refractivity contribution < 1.29 is 69.3 Å². The lowest BCUT2D eigenvalue weighted by Crippen LogP contribution is -2.50. The van der Waals surface area contributed by atoms with E-state index < -0.39 is 61.2 Å². The molecule has 12 rings (SSSR count). The van der Waals surface area contributed by atoms with Crippen molar-refractivity contribution in [2.45, 2.75) is 164 Å². The second-order valence-corrected chi connectivity index (χ2v) is 28.2. The number of phenolic OH excluding ortho intramolecular Hbond substituents is 2. The van der Waals surface area contributed by atoms with E-state index in [0.29, 0.717) is 80.4 Å². The summed E-state index contributed by atoms with van der Waals surface area (Å²) in [6, 6.07) is 12.5. The second-order valence-electron chi connectivity index (χ2n) is 25.6. The molecule has 8 aliphatic rings. The average molecular weight is 1220 g/mol. The Bertz CT molecular complexity index is 3120. The summed E-state index contributed by atoms with van der Waals surface area (Å²) < 4.78 is 32.2. The summed E-state index contributed by atoms with van der Waals surface area (Å²) in [5, 5.41) is 101. The number of hydrogen-bond donors (Lipinski definition) is 10. The van der Waals surface area contributed by atoms with Gasteiger partial charge in [-0.1, -0.05) is 70.9 Å². The van der Waals surface area contributed by atoms with E-state index in [9.17, 15) is 45.6 Å². The number of aromatic nitrogens is 1. The molecule has 10 N–H and O–H groups in total. The first-order valence-electron chi connectivity index (χ1n) is 31.3. The van der Waals surface area contributed by atoms with Crippen LogP contribution >= 0.6 is 21.6 Å². The van der Waals surface area contributed by atoms with E-state index in [1.54, 1.807) is 18.2 Å². The highest BCUT2D eigenvalue weighted by atomic mass is 33.1. The first-order valence-corrected chi connectivity index (χ1v) is 33.7. The zero-order valence-electron chi connectivity index (χ0n) is 49.5. The maximum absolute atomic E-state index is 13.9. The monoisotopic (exact) mass is 1220 g/mol.